The summed E-state index contributed by atoms with van der Waals surface area (Å²) in [5.41, 5.74) is 1.24. The van der Waals surface area contributed by atoms with Gasteiger partial charge in [-0.1, -0.05) is 24.3 Å². The highest BCUT2D eigenvalue weighted by Crippen LogP contribution is 2.24. The van der Waals surface area contributed by atoms with E-state index in [4.69, 9.17) is 4.74 Å². The van der Waals surface area contributed by atoms with Crippen molar-refractivity contribution in [3.05, 3.63) is 42.0 Å². The number of thioether (sulfide) groups is 1. The van der Waals surface area contributed by atoms with Gasteiger partial charge in [0.25, 0.3) is 5.91 Å². The lowest BCUT2D eigenvalue weighted by Gasteiger charge is -2.20. The van der Waals surface area contributed by atoms with Gasteiger partial charge in [0.15, 0.2) is 6.61 Å². The van der Waals surface area contributed by atoms with Gasteiger partial charge in [0.05, 0.1) is 11.3 Å². The monoisotopic (exact) mass is 404 g/mol. The first kappa shape index (κ1) is 22.0. The van der Waals surface area contributed by atoms with E-state index in [0.29, 0.717) is 23.5 Å². The Balaban J connectivity index is 1.93. The molecule has 0 bridgehead atoms. The molecule has 6 nitrogen and oxygen atoms in total. The van der Waals surface area contributed by atoms with Gasteiger partial charge in [-0.2, -0.15) is 0 Å². The van der Waals surface area contributed by atoms with Crippen molar-refractivity contribution in [3.63, 3.8) is 0 Å². The largest absolute Gasteiger partial charge is 0.452 e. The van der Waals surface area contributed by atoms with Crippen molar-refractivity contribution in [2.24, 2.45) is 0 Å². The first-order valence-corrected chi connectivity index (χ1v) is 10.5. The second kappa shape index (κ2) is 10.9. The molecule has 0 radical (unpaired) electrons. The molecule has 2 rings (SSSR count). The number of nitrogens with zero attached hydrogens (tertiary/aromatic N) is 2. The Bertz CT molecular complexity index is 729. The van der Waals surface area contributed by atoms with Crippen LogP contribution in [0, 0.1) is 0 Å². The van der Waals surface area contributed by atoms with Gasteiger partial charge < -0.3 is 14.5 Å². The number of hydrogen-bond acceptors (Lipinski definition) is 5. The molecule has 7 heteroatoms. The van der Waals surface area contributed by atoms with Crippen LogP contribution in [-0.4, -0.2) is 66.1 Å². The first-order chi connectivity index (χ1) is 13.4. The van der Waals surface area contributed by atoms with Gasteiger partial charge in [-0.05, 0) is 38.8 Å². The Morgan fingerprint density at radius 3 is 2.54 bits per heavy atom. The third-order valence-electron chi connectivity index (χ3n) is 4.44. The van der Waals surface area contributed by atoms with Crippen molar-refractivity contribution in [2.45, 2.75) is 31.6 Å². The highest BCUT2D eigenvalue weighted by atomic mass is 32.2. The minimum atomic E-state index is -0.559. The number of benzene rings is 1. The normalized spacial score (nSPS) is 13.3. The van der Waals surface area contributed by atoms with E-state index in [1.54, 1.807) is 23.1 Å². The number of ether oxygens (including phenoxy) is 1. The van der Waals surface area contributed by atoms with Crippen LogP contribution in [0.2, 0.25) is 0 Å². The van der Waals surface area contributed by atoms with Crippen LogP contribution in [0.15, 0.2) is 41.3 Å². The maximum absolute atomic E-state index is 12.5. The second-order valence-electron chi connectivity index (χ2n) is 6.81. The first-order valence-electron chi connectivity index (χ1n) is 9.51. The molecule has 1 aromatic rings. The van der Waals surface area contributed by atoms with E-state index in [1.807, 2.05) is 24.8 Å². The predicted molar refractivity (Wildman–Crippen MR) is 110 cm³/mol. The number of likely N-dealkylation sites (N-methyl/N-ethyl adjacent to an activating group) is 1. The zero-order valence-corrected chi connectivity index (χ0v) is 17.4. The molecule has 0 aliphatic carbocycles. The van der Waals surface area contributed by atoms with Crippen molar-refractivity contribution in [1.82, 2.24) is 9.80 Å². The Hall–Kier alpha value is -2.28. The van der Waals surface area contributed by atoms with Gasteiger partial charge in [0.2, 0.25) is 5.91 Å². The van der Waals surface area contributed by atoms with E-state index < -0.39 is 5.97 Å². The maximum atomic E-state index is 12.5. The molecule has 1 saturated heterocycles. The molecule has 0 unspecified atom stereocenters. The summed E-state index contributed by atoms with van der Waals surface area (Å²) >= 11 is 1.32. The number of carbonyl (C=O) groups excluding carboxylic acids is 3. The van der Waals surface area contributed by atoms with Crippen molar-refractivity contribution < 1.29 is 19.1 Å². The molecule has 1 fully saturated rings. The average molecular weight is 405 g/mol. The van der Waals surface area contributed by atoms with Crippen LogP contribution in [-0.2, 0) is 14.3 Å². The van der Waals surface area contributed by atoms with Gasteiger partial charge in [-0.15, -0.1) is 11.8 Å². The van der Waals surface area contributed by atoms with E-state index >= 15 is 0 Å². The quantitative estimate of drug-likeness (QED) is 0.360. The number of amides is 2. The second-order valence-corrected chi connectivity index (χ2v) is 7.83. The molecule has 1 aliphatic heterocycles. The lowest BCUT2D eigenvalue weighted by Crippen LogP contribution is -2.35. The van der Waals surface area contributed by atoms with Crippen molar-refractivity contribution in [3.8, 4) is 0 Å². The lowest BCUT2D eigenvalue weighted by molar-refractivity contribution is -0.134. The lowest BCUT2D eigenvalue weighted by atomic mass is 10.2. The molecule has 0 spiro atoms. The number of rotatable bonds is 9. The summed E-state index contributed by atoms with van der Waals surface area (Å²) in [6, 6.07) is 7.00. The molecule has 28 heavy (non-hydrogen) atoms. The molecule has 152 valence electrons. The molecule has 0 atom stereocenters. The van der Waals surface area contributed by atoms with Crippen LogP contribution in [0.3, 0.4) is 0 Å². The molecule has 0 N–H and O–H groups in total. The smallest absolute Gasteiger partial charge is 0.339 e. The van der Waals surface area contributed by atoms with Crippen LogP contribution in [0.4, 0.5) is 0 Å². The van der Waals surface area contributed by atoms with Crippen molar-refractivity contribution >= 4 is 29.5 Å². The third-order valence-corrected chi connectivity index (χ3v) is 5.50. The van der Waals surface area contributed by atoms with Gasteiger partial charge >= 0.3 is 5.97 Å². The standard InChI is InChI=1S/C21H28N2O4S/c1-4-22(13-16(2)3)19(24)14-27-21(26)17-9-5-6-10-18(17)28-15-20(25)23-11-7-8-12-23/h5-6,9-10H,2,4,7-8,11-15H2,1,3H3. The Morgan fingerprint density at radius 1 is 1.21 bits per heavy atom. The molecule has 1 aromatic carbocycles. The van der Waals surface area contributed by atoms with Crippen LogP contribution >= 0.6 is 11.8 Å². The van der Waals surface area contributed by atoms with Gasteiger partial charge in [0.1, 0.15) is 0 Å². The van der Waals surface area contributed by atoms with Gasteiger partial charge in [-0.3, -0.25) is 9.59 Å². The highest BCUT2D eigenvalue weighted by molar-refractivity contribution is 8.00. The van der Waals surface area contributed by atoms with E-state index in [1.165, 1.54) is 11.8 Å². The third kappa shape index (κ3) is 6.41. The van der Waals surface area contributed by atoms with Crippen LogP contribution < -0.4 is 0 Å². The molecule has 2 amide bonds. The number of likely N-dealkylation sites (tertiary alicyclic amines) is 1. The zero-order valence-electron chi connectivity index (χ0n) is 16.6. The average Bonchev–Trinajstić information content (AvgIpc) is 3.23. The minimum absolute atomic E-state index is 0.0826. The fourth-order valence-corrected chi connectivity index (χ4v) is 3.90. The Labute approximate surface area is 170 Å². The fraction of sp³-hybridized carbons (Fsp3) is 0.476. The van der Waals surface area contributed by atoms with E-state index in [2.05, 4.69) is 6.58 Å². The Kier molecular flexibility index (Phi) is 8.57. The van der Waals surface area contributed by atoms with E-state index in [0.717, 1.165) is 31.5 Å². The summed E-state index contributed by atoms with van der Waals surface area (Å²) in [6.45, 7) is 9.79. The molecule has 1 aliphatic rings. The maximum Gasteiger partial charge on any atom is 0.339 e. The molecule has 0 aromatic heterocycles. The molecular formula is C21H28N2O4S. The van der Waals surface area contributed by atoms with E-state index in [9.17, 15) is 14.4 Å². The summed E-state index contributed by atoms with van der Waals surface area (Å²) in [5.74, 6) is -0.449. The zero-order chi connectivity index (χ0) is 20.5. The minimum Gasteiger partial charge on any atom is -0.452 e. The number of esters is 1. The van der Waals surface area contributed by atoms with Crippen molar-refractivity contribution in [1.29, 1.82) is 0 Å². The topological polar surface area (TPSA) is 66.9 Å². The van der Waals surface area contributed by atoms with Gasteiger partial charge in [-0.25, -0.2) is 4.79 Å². The van der Waals surface area contributed by atoms with Crippen molar-refractivity contribution in [2.75, 3.05) is 38.5 Å². The summed E-state index contributed by atoms with van der Waals surface area (Å²) in [4.78, 5) is 41.1. The summed E-state index contributed by atoms with van der Waals surface area (Å²) in [5, 5.41) is 0. The fourth-order valence-electron chi connectivity index (χ4n) is 2.96. The molecule has 1 heterocycles. The number of hydrogen-bond donors (Lipinski definition) is 0. The van der Waals surface area contributed by atoms with Gasteiger partial charge in [0, 0.05) is 31.1 Å². The summed E-state index contributed by atoms with van der Waals surface area (Å²) in [7, 11) is 0. The Morgan fingerprint density at radius 2 is 1.89 bits per heavy atom. The summed E-state index contributed by atoms with van der Waals surface area (Å²) < 4.78 is 5.23. The van der Waals surface area contributed by atoms with E-state index in [-0.39, 0.29) is 24.2 Å². The highest BCUT2D eigenvalue weighted by Gasteiger charge is 2.20. The summed E-state index contributed by atoms with van der Waals surface area (Å²) in [6.07, 6.45) is 2.10. The molecule has 0 saturated carbocycles. The number of carbonyl (C=O) groups is 3. The molecular weight excluding hydrogens is 376 g/mol. The SMILES string of the molecule is C=C(C)CN(CC)C(=O)COC(=O)c1ccccc1SCC(=O)N1CCCC1. The van der Waals surface area contributed by atoms with Crippen LogP contribution in [0.1, 0.15) is 37.0 Å². The van der Waals surface area contributed by atoms with Crippen LogP contribution in [0.5, 0.6) is 0 Å². The predicted octanol–water partition coefficient (Wildman–Crippen LogP) is 2.98. The van der Waals surface area contributed by atoms with Crippen LogP contribution in [0.25, 0.3) is 0 Å².